The van der Waals surface area contributed by atoms with E-state index in [9.17, 15) is 9.59 Å². The normalized spacial score (nSPS) is 17.7. The third kappa shape index (κ3) is 5.97. The molecule has 0 saturated carbocycles. The van der Waals surface area contributed by atoms with Gasteiger partial charge in [0.15, 0.2) is 23.3 Å². The minimum atomic E-state index is -1.06. The number of amides is 1. The van der Waals surface area contributed by atoms with Gasteiger partial charge in [0, 0.05) is 0 Å². The maximum absolute atomic E-state index is 11.7. The third-order valence-electron chi connectivity index (χ3n) is 3.10. The van der Waals surface area contributed by atoms with Crippen LogP contribution in [0, 0.1) is 11.3 Å². The molecule has 1 aliphatic heterocycles. The van der Waals surface area contributed by atoms with Crippen LogP contribution in [0.4, 0.5) is 0 Å². The summed E-state index contributed by atoms with van der Waals surface area (Å²) in [5, 5.41) is 27.3. The van der Waals surface area contributed by atoms with Crippen LogP contribution < -0.4 is 14.8 Å². The molecule has 0 aliphatic carbocycles. The van der Waals surface area contributed by atoms with Crippen LogP contribution in [-0.4, -0.2) is 46.8 Å². The predicted molar refractivity (Wildman–Crippen MR) is 103 cm³/mol. The Morgan fingerprint density at radius 2 is 2.30 bits per heavy atom. The zero-order chi connectivity index (χ0) is 19.8. The van der Waals surface area contributed by atoms with Gasteiger partial charge in [0.05, 0.1) is 23.7 Å². The minimum Gasteiger partial charge on any atom is -0.490 e. The highest BCUT2D eigenvalue weighted by atomic mass is 79.9. The molecule has 1 aromatic carbocycles. The van der Waals surface area contributed by atoms with Gasteiger partial charge >= 0.3 is 5.97 Å². The molecule has 0 aromatic heterocycles. The van der Waals surface area contributed by atoms with Gasteiger partial charge in [-0.1, -0.05) is 11.8 Å². The molecule has 2 N–H and O–H groups in total. The number of nitrogens with one attached hydrogen (secondary N) is 1. The summed E-state index contributed by atoms with van der Waals surface area (Å²) in [5.41, 5.74) is 0.649. The molecule has 1 aromatic rings. The van der Waals surface area contributed by atoms with E-state index in [0.29, 0.717) is 28.1 Å². The molecule has 1 heterocycles. The monoisotopic (exact) mass is 454 g/mol. The number of rotatable bonds is 8. The Bertz CT molecular complexity index is 837. The average molecular weight is 455 g/mol. The van der Waals surface area contributed by atoms with Gasteiger partial charge < -0.3 is 19.9 Å². The first kappa shape index (κ1) is 20.7. The summed E-state index contributed by atoms with van der Waals surface area (Å²) < 4.78 is 11.5. The van der Waals surface area contributed by atoms with Gasteiger partial charge in [-0.2, -0.15) is 10.4 Å². The molecule has 1 atom stereocenters. The van der Waals surface area contributed by atoms with E-state index in [1.807, 2.05) is 13.0 Å². The van der Waals surface area contributed by atoms with E-state index in [-0.39, 0.29) is 18.2 Å². The number of carboxylic acid groups (broad SMARTS) is 1. The summed E-state index contributed by atoms with van der Waals surface area (Å²) in [6.45, 7) is 2.11. The molecule has 0 bridgehead atoms. The topological polar surface area (TPSA) is 133 Å². The zero-order valence-corrected chi connectivity index (χ0v) is 16.5. The Morgan fingerprint density at radius 1 is 1.52 bits per heavy atom. The molecular formula is C16H15BrN4O5S. The molecule has 1 fully saturated rings. The molecule has 27 heavy (non-hydrogen) atoms. The SMILES string of the molecule is CCOc1cc(C=NN=C2NC(=O)C(CC(=O)O)S2)cc(Br)c1OCC#N. The van der Waals surface area contributed by atoms with Crippen LogP contribution in [0.3, 0.4) is 0 Å². The van der Waals surface area contributed by atoms with Crippen LogP contribution in [0.25, 0.3) is 0 Å². The smallest absolute Gasteiger partial charge is 0.305 e. The number of amidine groups is 1. The predicted octanol–water partition coefficient (Wildman–Crippen LogP) is 2.15. The number of aliphatic carboxylic acids is 1. The van der Waals surface area contributed by atoms with Crippen molar-refractivity contribution in [3.05, 3.63) is 22.2 Å². The molecule has 1 aliphatic rings. The molecule has 11 heteroatoms. The zero-order valence-electron chi connectivity index (χ0n) is 14.1. The maximum Gasteiger partial charge on any atom is 0.305 e. The second-order valence-electron chi connectivity index (χ2n) is 5.05. The number of nitrogens with zero attached hydrogens (tertiary/aromatic N) is 3. The van der Waals surface area contributed by atoms with Crippen molar-refractivity contribution < 1.29 is 24.2 Å². The first-order valence-electron chi connectivity index (χ1n) is 7.71. The summed E-state index contributed by atoms with van der Waals surface area (Å²) in [6, 6.07) is 5.29. The molecule has 1 amide bonds. The standard InChI is InChI=1S/C16H15BrN4O5S/c1-2-25-11-6-9(5-10(17)14(11)26-4-3-18)8-19-21-16-20-15(24)12(27-16)7-13(22)23/h5-6,8,12H,2,4,7H2,1H3,(H,22,23)(H,20,21,24). The van der Waals surface area contributed by atoms with Crippen molar-refractivity contribution in [2.75, 3.05) is 13.2 Å². The molecule has 1 saturated heterocycles. The van der Waals surface area contributed by atoms with Crippen LogP contribution in [-0.2, 0) is 9.59 Å². The van der Waals surface area contributed by atoms with Gasteiger partial charge in [0.1, 0.15) is 11.3 Å². The fraction of sp³-hybridized carbons (Fsp3) is 0.312. The summed E-state index contributed by atoms with van der Waals surface area (Å²) in [6.07, 6.45) is 1.17. The van der Waals surface area contributed by atoms with Crippen molar-refractivity contribution in [2.24, 2.45) is 10.2 Å². The highest BCUT2D eigenvalue weighted by molar-refractivity contribution is 9.10. The fourth-order valence-corrected chi connectivity index (χ4v) is 3.55. The Labute approximate surface area is 167 Å². The second-order valence-corrected chi connectivity index (χ2v) is 7.10. The number of benzene rings is 1. The third-order valence-corrected chi connectivity index (χ3v) is 4.77. The van der Waals surface area contributed by atoms with E-state index in [4.69, 9.17) is 19.8 Å². The van der Waals surface area contributed by atoms with E-state index in [1.54, 1.807) is 12.1 Å². The number of nitriles is 1. The minimum absolute atomic E-state index is 0.117. The van der Waals surface area contributed by atoms with Crippen molar-refractivity contribution in [2.45, 2.75) is 18.6 Å². The molecule has 1 unspecified atom stereocenters. The van der Waals surface area contributed by atoms with E-state index >= 15 is 0 Å². The number of hydrogen-bond donors (Lipinski definition) is 2. The number of ether oxygens (including phenoxy) is 2. The Hall–Kier alpha value is -2.58. The lowest BCUT2D eigenvalue weighted by molar-refractivity contribution is -0.138. The lowest BCUT2D eigenvalue weighted by Crippen LogP contribution is -2.26. The number of carbonyl (C=O) groups excluding carboxylic acids is 1. The number of thioether (sulfide) groups is 1. The molecule has 0 spiro atoms. The first-order valence-corrected chi connectivity index (χ1v) is 9.38. The van der Waals surface area contributed by atoms with E-state index in [2.05, 4.69) is 31.4 Å². The van der Waals surface area contributed by atoms with Crippen LogP contribution in [0.2, 0.25) is 0 Å². The largest absolute Gasteiger partial charge is 0.490 e. The Kier molecular flexibility index (Phi) is 7.63. The fourth-order valence-electron chi connectivity index (χ4n) is 2.06. The number of carboxylic acids is 1. The Balaban J connectivity index is 2.14. The molecule has 2 rings (SSSR count). The van der Waals surface area contributed by atoms with Crippen LogP contribution in [0.5, 0.6) is 11.5 Å². The quantitative estimate of drug-likeness (QED) is 0.453. The molecule has 9 nitrogen and oxygen atoms in total. The van der Waals surface area contributed by atoms with E-state index in [1.165, 1.54) is 6.21 Å². The molecule has 0 radical (unpaired) electrons. The second kappa shape index (κ2) is 9.94. The van der Waals surface area contributed by atoms with E-state index in [0.717, 1.165) is 11.8 Å². The van der Waals surface area contributed by atoms with Gasteiger partial charge in [0.2, 0.25) is 5.91 Å². The van der Waals surface area contributed by atoms with Gasteiger partial charge in [0.25, 0.3) is 0 Å². The maximum atomic E-state index is 11.7. The summed E-state index contributed by atoms with van der Waals surface area (Å²) in [7, 11) is 0. The van der Waals surface area contributed by atoms with Crippen molar-refractivity contribution in [1.82, 2.24) is 5.32 Å². The van der Waals surface area contributed by atoms with Crippen molar-refractivity contribution >= 4 is 51.0 Å². The van der Waals surface area contributed by atoms with Gasteiger partial charge in [-0.3, -0.25) is 9.59 Å². The average Bonchev–Trinajstić information content (AvgIpc) is 2.93. The van der Waals surface area contributed by atoms with Gasteiger partial charge in [-0.15, -0.1) is 5.10 Å². The highest BCUT2D eigenvalue weighted by Gasteiger charge is 2.32. The highest BCUT2D eigenvalue weighted by Crippen LogP contribution is 2.36. The van der Waals surface area contributed by atoms with Crippen LogP contribution >= 0.6 is 27.7 Å². The van der Waals surface area contributed by atoms with Crippen molar-refractivity contribution in [1.29, 1.82) is 5.26 Å². The Morgan fingerprint density at radius 3 is 2.96 bits per heavy atom. The van der Waals surface area contributed by atoms with Crippen molar-refractivity contribution in [3.8, 4) is 17.6 Å². The number of carbonyl (C=O) groups is 2. The van der Waals surface area contributed by atoms with E-state index < -0.39 is 17.1 Å². The molecule has 142 valence electrons. The summed E-state index contributed by atoms with van der Waals surface area (Å²) >= 11 is 4.38. The number of halogens is 1. The van der Waals surface area contributed by atoms with Gasteiger partial charge in [-0.05, 0) is 40.5 Å². The van der Waals surface area contributed by atoms with Crippen LogP contribution in [0.1, 0.15) is 18.9 Å². The van der Waals surface area contributed by atoms with Crippen molar-refractivity contribution in [3.63, 3.8) is 0 Å². The lowest BCUT2D eigenvalue weighted by Gasteiger charge is -2.12. The van der Waals surface area contributed by atoms with Gasteiger partial charge in [-0.25, -0.2) is 0 Å². The first-order chi connectivity index (χ1) is 12.9. The lowest BCUT2D eigenvalue weighted by atomic mass is 10.2. The number of hydrogen-bond acceptors (Lipinski definition) is 8. The molecular weight excluding hydrogens is 440 g/mol. The summed E-state index contributed by atoms with van der Waals surface area (Å²) in [4.78, 5) is 22.4. The summed E-state index contributed by atoms with van der Waals surface area (Å²) in [5.74, 6) is -0.602. The van der Waals surface area contributed by atoms with Crippen LogP contribution in [0.15, 0.2) is 26.8 Å².